The quantitative estimate of drug-likeness (QED) is 0.392. The second-order valence-electron chi connectivity index (χ2n) is 5.77. The number of hydrogen-bond acceptors (Lipinski definition) is 1. The van der Waals surface area contributed by atoms with Gasteiger partial charge in [0.25, 0.3) is 0 Å². The minimum atomic E-state index is -3.90. The van der Waals surface area contributed by atoms with Gasteiger partial charge in [-0.15, -0.1) is 5.73 Å². The summed E-state index contributed by atoms with van der Waals surface area (Å²) in [6.07, 6.45) is 9.34. The predicted octanol–water partition coefficient (Wildman–Crippen LogP) is 5.05. The van der Waals surface area contributed by atoms with Crippen molar-refractivity contribution in [3.05, 3.63) is 51.8 Å². The minimum absolute atomic E-state index is 0.0666. The Bertz CT molecular complexity index is 608. The summed E-state index contributed by atoms with van der Waals surface area (Å²) < 4.78 is 10.9. The van der Waals surface area contributed by atoms with Crippen LogP contribution < -0.4 is 0 Å². The van der Waals surface area contributed by atoms with Gasteiger partial charge in [-0.2, -0.15) is 0 Å². The highest BCUT2D eigenvalue weighted by molar-refractivity contribution is 7.51. The molecule has 0 unspecified atom stereocenters. The van der Waals surface area contributed by atoms with Crippen molar-refractivity contribution in [1.82, 2.24) is 0 Å². The van der Waals surface area contributed by atoms with Crippen LogP contribution in [-0.4, -0.2) is 15.9 Å². The topological polar surface area (TPSA) is 57.5 Å². The van der Waals surface area contributed by atoms with Gasteiger partial charge in [0.2, 0.25) is 0 Å². The van der Waals surface area contributed by atoms with Gasteiger partial charge in [0.15, 0.2) is 0 Å². The first-order valence-corrected chi connectivity index (χ1v) is 9.59. The van der Waals surface area contributed by atoms with Crippen LogP contribution in [0.15, 0.2) is 51.8 Å². The van der Waals surface area contributed by atoms with E-state index in [1.165, 1.54) is 22.3 Å². The van der Waals surface area contributed by atoms with Gasteiger partial charge in [-0.3, -0.25) is 4.57 Å². The Hall–Kier alpha value is -1.11. The zero-order valence-corrected chi connectivity index (χ0v) is 14.9. The van der Waals surface area contributed by atoms with Crippen LogP contribution in [0.2, 0.25) is 0 Å². The molecule has 122 valence electrons. The molecule has 1 aliphatic carbocycles. The van der Waals surface area contributed by atoms with Crippen molar-refractivity contribution >= 4 is 7.60 Å². The lowest BCUT2D eigenvalue weighted by Crippen LogP contribution is -1.94. The third-order valence-corrected chi connectivity index (χ3v) is 4.88. The molecule has 0 radical (unpaired) electrons. The molecule has 0 aromatic heterocycles. The Labute approximate surface area is 134 Å². The molecule has 0 spiro atoms. The van der Waals surface area contributed by atoms with Gasteiger partial charge in [0.05, 0.1) is 6.16 Å². The molecule has 3 nitrogen and oxygen atoms in total. The summed E-state index contributed by atoms with van der Waals surface area (Å²) in [5.41, 5.74) is 9.46. The Balaban J connectivity index is 2.85. The Morgan fingerprint density at radius 3 is 2.59 bits per heavy atom. The van der Waals surface area contributed by atoms with E-state index in [9.17, 15) is 4.57 Å². The van der Waals surface area contributed by atoms with Crippen molar-refractivity contribution in [1.29, 1.82) is 0 Å². The smallest absolute Gasteiger partial charge is 0.324 e. The molecule has 2 N–H and O–H groups in total. The molecule has 1 aliphatic rings. The first-order chi connectivity index (χ1) is 10.3. The fourth-order valence-electron chi connectivity index (χ4n) is 2.55. The van der Waals surface area contributed by atoms with E-state index in [1.807, 2.05) is 6.08 Å². The molecule has 22 heavy (non-hydrogen) atoms. The van der Waals surface area contributed by atoms with Crippen LogP contribution in [0, 0.1) is 0 Å². The van der Waals surface area contributed by atoms with Crippen LogP contribution in [0.5, 0.6) is 0 Å². The second kappa shape index (κ2) is 8.50. The van der Waals surface area contributed by atoms with Crippen molar-refractivity contribution in [2.45, 2.75) is 53.4 Å². The summed E-state index contributed by atoms with van der Waals surface area (Å²) in [4.78, 5) is 17.9. The molecule has 0 saturated carbocycles. The largest absolute Gasteiger partial charge is 0.325 e. The summed E-state index contributed by atoms with van der Waals surface area (Å²) in [5.74, 6) is 0. The second-order valence-corrected chi connectivity index (χ2v) is 7.55. The van der Waals surface area contributed by atoms with Crippen molar-refractivity contribution in [3.63, 3.8) is 0 Å². The SMILES string of the molecule is C/C=C(\CC)CC1=C(C)C=C=C(CCCP(=O)(O)O)C=C1C. The van der Waals surface area contributed by atoms with E-state index in [0.717, 1.165) is 18.4 Å². The zero-order chi connectivity index (χ0) is 16.8. The van der Waals surface area contributed by atoms with Gasteiger partial charge in [-0.05, 0) is 80.9 Å². The van der Waals surface area contributed by atoms with Crippen LogP contribution in [0.1, 0.15) is 53.4 Å². The van der Waals surface area contributed by atoms with Gasteiger partial charge in [-0.1, -0.05) is 18.6 Å². The molecular formula is C18H27O3P. The highest BCUT2D eigenvalue weighted by Crippen LogP contribution is 2.36. The van der Waals surface area contributed by atoms with Crippen LogP contribution in [0.25, 0.3) is 0 Å². The molecule has 0 fully saturated rings. The Morgan fingerprint density at radius 2 is 2.05 bits per heavy atom. The maximum Gasteiger partial charge on any atom is 0.325 e. The fraction of sp³-hybridized carbons (Fsp3) is 0.500. The number of hydrogen-bond donors (Lipinski definition) is 2. The van der Waals surface area contributed by atoms with Gasteiger partial charge in [-0.25, -0.2) is 0 Å². The van der Waals surface area contributed by atoms with Gasteiger partial charge in [0, 0.05) is 0 Å². The monoisotopic (exact) mass is 322 g/mol. The summed E-state index contributed by atoms with van der Waals surface area (Å²) in [6, 6.07) is 0. The maximum absolute atomic E-state index is 10.9. The molecule has 0 aromatic carbocycles. The molecule has 0 aliphatic heterocycles. The molecule has 1 rings (SSSR count). The summed E-state index contributed by atoms with van der Waals surface area (Å²) >= 11 is 0. The molecule has 0 amide bonds. The van der Waals surface area contributed by atoms with Crippen LogP contribution in [-0.2, 0) is 4.57 Å². The summed E-state index contributed by atoms with van der Waals surface area (Å²) in [6.45, 7) is 8.45. The lowest BCUT2D eigenvalue weighted by atomic mass is 9.93. The molecular weight excluding hydrogens is 295 g/mol. The normalized spacial score (nSPS) is 16.5. The van der Waals surface area contributed by atoms with E-state index >= 15 is 0 Å². The predicted molar refractivity (Wildman–Crippen MR) is 92.9 cm³/mol. The fourth-order valence-corrected chi connectivity index (χ4v) is 3.12. The minimum Gasteiger partial charge on any atom is -0.324 e. The molecule has 0 heterocycles. The third-order valence-electron chi connectivity index (χ3n) is 3.98. The van der Waals surface area contributed by atoms with E-state index in [1.54, 1.807) is 0 Å². The van der Waals surface area contributed by atoms with E-state index in [2.05, 4.69) is 45.6 Å². The van der Waals surface area contributed by atoms with Crippen LogP contribution in [0.3, 0.4) is 0 Å². The first kappa shape index (κ1) is 18.9. The molecule has 4 heteroatoms. The van der Waals surface area contributed by atoms with Crippen molar-refractivity contribution in [3.8, 4) is 0 Å². The van der Waals surface area contributed by atoms with E-state index in [0.29, 0.717) is 12.8 Å². The van der Waals surface area contributed by atoms with E-state index in [4.69, 9.17) is 9.79 Å². The van der Waals surface area contributed by atoms with E-state index in [-0.39, 0.29) is 6.16 Å². The summed E-state index contributed by atoms with van der Waals surface area (Å²) in [5, 5.41) is 0. The number of rotatable bonds is 7. The maximum atomic E-state index is 10.9. The zero-order valence-electron chi connectivity index (χ0n) is 14.0. The Morgan fingerprint density at radius 1 is 1.36 bits per heavy atom. The highest BCUT2D eigenvalue weighted by Gasteiger charge is 2.13. The van der Waals surface area contributed by atoms with E-state index < -0.39 is 7.60 Å². The Kier molecular flexibility index (Phi) is 7.32. The van der Waals surface area contributed by atoms with Crippen molar-refractivity contribution in [2.75, 3.05) is 6.16 Å². The highest BCUT2D eigenvalue weighted by atomic mass is 31.2. The molecule has 0 saturated heterocycles. The molecule has 0 atom stereocenters. The average Bonchev–Trinajstić information content (AvgIpc) is 2.55. The van der Waals surface area contributed by atoms with Gasteiger partial charge >= 0.3 is 7.60 Å². The average molecular weight is 322 g/mol. The van der Waals surface area contributed by atoms with Crippen molar-refractivity contribution < 1.29 is 14.4 Å². The molecule has 0 bridgehead atoms. The van der Waals surface area contributed by atoms with Crippen molar-refractivity contribution in [2.24, 2.45) is 0 Å². The van der Waals surface area contributed by atoms with Gasteiger partial charge < -0.3 is 9.79 Å². The lowest BCUT2D eigenvalue weighted by Gasteiger charge is -2.12. The third kappa shape index (κ3) is 6.34. The summed E-state index contributed by atoms with van der Waals surface area (Å²) in [7, 11) is -3.90. The molecule has 0 aromatic rings. The lowest BCUT2D eigenvalue weighted by molar-refractivity contribution is 0.371. The number of allylic oxidation sites excluding steroid dienone is 7. The standard InChI is InChI=1S/C18H27O3P/c1-5-16(6-2)13-18-14(3)9-10-17(12-15(18)4)8-7-11-22(19,20)21/h5,9,12H,6-8,11,13H2,1-4H3,(H2,19,20,21)/b16-5+. The first-order valence-electron chi connectivity index (χ1n) is 7.79. The van der Waals surface area contributed by atoms with Crippen LogP contribution in [0.4, 0.5) is 0 Å². The van der Waals surface area contributed by atoms with Crippen LogP contribution >= 0.6 is 7.60 Å². The van der Waals surface area contributed by atoms with Gasteiger partial charge in [0.1, 0.15) is 0 Å².